The number of carbonyl (C=O) groups excluding carboxylic acids is 4. The van der Waals surface area contributed by atoms with E-state index in [1.54, 1.807) is 66.7 Å². The highest BCUT2D eigenvalue weighted by atomic mass is 16.6. The van der Waals surface area contributed by atoms with Crippen LogP contribution in [0, 0.1) is 11.8 Å². The Morgan fingerprint density at radius 2 is 1.84 bits per heavy atom. The monoisotopic (exact) mass is 586 g/mol. The smallest absolute Gasteiger partial charge is 0.412 e. The summed E-state index contributed by atoms with van der Waals surface area (Å²) in [5.41, 5.74) is 1.91. The number of anilines is 2. The number of carbonyl (C=O) groups is 4. The summed E-state index contributed by atoms with van der Waals surface area (Å²) in [5.74, 6) is 6.37. The maximum absolute atomic E-state index is 13.0. The normalized spacial score (nSPS) is 16.0. The van der Waals surface area contributed by atoms with Gasteiger partial charge in [0.1, 0.15) is 23.7 Å². The molecule has 2 fully saturated rings. The zero-order valence-electron chi connectivity index (χ0n) is 24.4. The molecule has 2 saturated heterocycles. The summed E-state index contributed by atoms with van der Waals surface area (Å²) >= 11 is 0. The second-order valence-electron chi connectivity index (χ2n) is 11.3. The van der Waals surface area contributed by atoms with Gasteiger partial charge >= 0.3 is 12.1 Å². The molecular weight excluding hydrogens is 552 g/mol. The number of piperidine rings is 1. The largest absolute Gasteiger partial charge is 0.444 e. The average molecular weight is 587 g/mol. The van der Waals surface area contributed by atoms with Crippen LogP contribution in [0.15, 0.2) is 48.8 Å². The Morgan fingerprint density at radius 3 is 2.53 bits per heavy atom. The van der Waals surface area contributed by atoms with Gasteiger partial charge in [-0.25, -0.2) is 14.6 Å². The lowest BCUT2D eigenvalue weighted by molar-refractivity contribution is -0.120. The number of benzene rings is 1. The van der Waals surface area contributed by atoms with Gasteiger partial charge in [-0.2, -0.15) is 0 Å². The minimum absolute atomic E-state index is 0.0126. The molecule has 0 atom stereocenters. The van der Waals surface area contributed by atoms with Gasteiger partial charge in [0.25, 0.3) is 5.91 Å². The van der Waals surface area contributed by atoms with Gasteiger partial charge in [-0.05, 0) is 70.0 Å². The molecule has 12 nitrogen and oxygen atoms in total. The van der Waals surface area contributed by atoms with Gasteiger partial charge in [-0.1, -0.05) is 11.8 Å². The number of aromatic nitrogens is 2. The number of nitrogens with zero attached hydrogens (tertiary/aromatic N) is 4. The Hall–Kier alpha value is -4.89. The second kappa shape index (κ2) is 12.5. The third-order valence-corrected chi connectivity index (χ3v) is 6.95. The van der Waals surface area contributed by atoms with Crippen LogP contribution in [0.5, 0.6) is 0 Å². The number of imidazole rings is 1. The highest BCUT2D eigenvalue weighted by Gasteiger charge is 2.27. The van der Waals surface area contributed by atoms with Crippen molar-refractivity contribution in [2.75, 3.05) is 36.5 Å². The molecule has 12 heteroatoms. The number of rotatable bonds is 5. The molecule has 2 aliphatic heterocycles. The summed E-state index contributed by atoms with van der Waals surface area (Å²) in [5, 5.41) is 4.99. The first kappa shape index (κ1) is 29.6. The van der Waals surface area contributed by atoms with Crippen LogP contribution in [0.25, 0.3) is 5.65 Å². The van der Waals surface area contributed by atoms with Crippen LogP contribution in [0.4, 0.5) is 21.1 Å². The first-order valence-corrected chi connectivity index (χ1v) is 14.1. The van der Waals surface area contributed by atoms with Crippen LogP contribution in [-0.4, -0.2) is 76.2 Å². The van der Waals surface area contributed by atoms with Crippen molar-refractivity contribution in [3.63, 3.8) is 0 Å². The van der Waals surface area contributed by atoms with Crippen LogP contribution in [0.3, 0.4) is 0 Å². The van der Waals surface area contributed by atoms with E-state index < -0.39 is 17.7 Å². The maximum Gasteiger partial charge on any atom is 0.412 e. The Bertz CT molecular complexity index is 1590. The zero-order valence-corrected chi connectivity index (χ0v) is 24.4. The Morgan fingerprint density at radius 1 is 1.09 bits per heavy atom. The number of urea groups is 1. The third-order valence-electron chi connectivity index (χ3n) is 6.95. The minimum Gasteiger partial charge on any atom is -0.444 e. The highest BCUT2D eigenvalue weighted by Crippen LogP contribution is 2.21. The van der Waals surface area contributed by atoms with Gasteiger partial charge in [-0.15, -0.1) is 0 Å². The van der Waals surface area contributed by atoms with Crippen molar-refractivity contribution in [2.24, 2.45) is 0 Å². The average Bonchev–Trinajstić information content (AvgIpc) is 3.38. The standard InChI is InChI=1S/C31H34N6O6/c1-31(2,3)43-30(41)33-23-8-6-22(7-9-23)28(39)35-14-11-24(12-15-35)42-18-4-5-21-10-16-36-25(19-21)32-20-27(36)37-17-13-26(38)34-29(37)40/h6-10,16,19-20,24H,11-15,17-18H2,1-3H3,(H,33,41)(H,34,38,40). The number of hydrogen-bond donors (Lipinski definition) is 2. The number of hydrogen-bond acceptors (Lipinski definition) is 7. The number of fused-ring (bicyclic) bond motifs is 1. The summed E-state index contributed by atoms with van der Waals surface area (Å²) in [6, 6.07) is 9.97. The number of nitrogens with one attached hydrogen (secondary N) is 2. The second-order valence-corrected chi connectivity index (χ2v) is 11.3. The van der Waals surface area contributed by atoms with E-state index in [1.165, 1.54) is 4.90 Å². The van der Waals surface area contributed by atoms with Gasteiger partial charge in [0.05, 0.1) is 12.3 Å². The molecule has 1 aromatic carbocycles. The van der Waals surface area contributed by atoms with Crippen molar-refractivity contribution in [2.45, 2.75) is 51.7 Å². The summed E-state index contributed by atoms with van der Waals surface area (Å²) < 4.78 is 13.0. The van der Waals surface area contributed by atoms with Crippen LogP contribution >= 0.6 is 0 Å². The Kier molecular flexibility index (Phi) is 8.63. The number of ether oxygens (including phenoxy) is 2. The number of likely N-dealkylation sites (tertiary alicyclic amines) is 1. The molecular formula is C31H34N6O6. The lowest BCUT2D eigenvalue weighted by Crippen LogP contribution is -2.50. The van der Waals surface area contributed by atoms with Crippen LogP contribution in [0.2, 0.25) is 0 Å². The molecule has 2 N–H and O–H groups in total. The maximum atomic E-state index is 13.0. The first-order chi connectivity index (χ1) is 20.6. The molecule has 2 aromatic heterocycles. The molecule has 0 aliphatic carbocycles. The minimum atomic E-state index is -0.593. The zero-order chi connectivity index (χ0) is 30.6. The van der Waals surface area contributed by atoms with Gasteiger partial charge in [0.2, 0.25) is 5.91 Å². The van der Waals surface area contributed by atoms with E-state index in [9.17, 15) is 19.2 Å². The number of pyridine rings is 1. The summed E-state index contributed by atoms with van der Waals surface area (Å²) in [6.45, 7) is 7.10. The molecule has 0 radical (unpaired) electrons. The van der Waals surface area contributed by atoms with Gasteiger partial charge < -0.3 is 14.4 Å². The van der Waals surface area contributed by atoms with Crippen LogP contribution in [-0.2, 0) is 14.3 Å². The predicted octanol–water partition coefficient (Wildman–Crippen LogP) is 3.80. The molecule has 4 heterocycles. The fraction of sp³-hybridized carbons (Fsp3) is 0.387. The molecule has 5 amide bonds. The SMILES string of the molecule is CC(C)(C)OC(=O)Nc1ccc(C(=O)N2CCC(OCC#Cc3ccn4c(N5CCC(=O)NC5=O)cnc4c3)CC2)cc1. The Balaban J connectivity index is 1.07. The molecule has 2 aliphatic rings. The number of imide groups is 1. The summed E-state index contributed by atoms with van der Waals surface area (Å²) in [4.78, 5) is 56.2. The Labute approximate surface area is 249 Å². The van der Waals surface area contributed by atoms with Gasteiger partial charge in [0, 0.05) is 49.1 Å². The van der Waals surface area contributed by atoms with E-state index in [2.05, 4.69) is 27.5 Å². The number of amides is 5. The van der Waals surface area contributed by atoms with Crippen molar-refractivity contribution in [1.82, 2.24) is 19.6 Å². The van der Waals surface area contributed by atoms with Crippen molar-refractivity contribution in [3.8, 4) is 11.8 Å². The predicted molar refractivity (Wildman–Crippen MR) is 159 cm³/mol. The van der Waals surface area contributed by atoms with Crippen LogP contribution in [0.1, 0.15) is 56.0 Å². The van der Waals surface area contributed by atoms with E-state index in [0.29, 0.717) is 55.2 Å². The molecule has 5 rings (SSSR count). The lowest BCUT2D eigenvalue weighted by Gasteiger charge is -2.31. The van der Waals surface area contributed by atoms with Gasteiger partial charge in [-0.3, -0.25) is 29.5 Å². The van der Waals surface area contributed by atoms with E-state index >= 15 is 0 Å². The van der Waals surface area contributed by atoms with E-state index in [0.717, 1.165) is 5.56 Å². The molecule has 0 unspecified atom stereocenters. The van der Waals surface area contributed by atoms with Gasteiger partial charge in [0.15, 0.2) is 0 Å². The molecule has 43 heavy (non-hydrogen) atoms. The van der Waals surface area contributed by atoms with E-state index in [1.807, 2.05) is 12.1 Å². The summed E-state index contributed by atoms with van der Waals surface area (Å²) in [6.07, 6.45) is 4.53. The van der Waals surface area contributed by atoms with Crippen LogP contribution < -0.4 is 15.5 Å². The third kappa shape index (κ3) is 7.50. The summed E-state index contributed by atoms with van der Waals surface area (Å²) in [7, 11) is 0. The molecule has 3 aromatic rings. The van der Waals surface area contributed by atoms with E-state index in [4.69, 9.17) is 9.47 Å². The first-order valence-electron chi connectivity index (χ1n) is 14.1. The van der Waals surface area contributed by atoms with Crippen molar-refractivity contribution in [3.05, 3.63) is 59.9 Å². The van der Waals surface area contributed by atoms with E-state index in [-0.39, 0.29) is 30.9 Å². The topological polar surface area (TPSA) is 135 Å². The molecule has 224 valence electrons. The molecule has 0 bridgehead atoms. The van der Waals surface area contributed by atoms with Crippen molar-refractivity contribution >= 4 is 41.1 Å². The fourth-order valence-electron chi connectivity index (χ4n) is 4.85. The highest BCUT2D eigenvalue weighted by molar-refractivity contribution is 6.05. The lowest BCUT2D eigenvalue weighted by atomic mass is 10.1. The molecule has 0 saturated carbocycles. The van der Waals surface area contributed by atoms with Crippen molar-refractivity contribution < 1.29 is 28.7 Å². The quantitative estimate of drug-likeness (QED) is 0.434. The van der Waals surface area contributed by atoms with Crippen molar-refractivity contribution in [1.29, 1.82) is 0 Å². The molecule has 0 spiro atoms. The fourth-order valence-corrected chi connectivity index (χ4v) is 4.85.